The molecule has 3 aromatic rings. The molecule has 1 aliphatic heterocycles. The van der Waals surface area contributed by atoms with Crippen LogP contribution >= 0.6 is 11.8 Å². The molecule has 0 saturated carbocycles. The number of carbonyl (C=O) groups is 3. The van der Waals surface area contributed by atoms with Gasteiger partial charge in [0, 0.05) is 17.1 Å². The van der Waals surface area contributed by atoms with E-state index in [0.29, 0.717) is 0 Å². The zero-order chi connectivity index (χ0) is 23.7. The van der Waals surface area contributed by atoms with Crippen molar-refractivity contribution in [2.45, 2.75) is 20.8 Å². The van der Waals surface area contributed by atoms with Crippen LogP contribution in [0.3, 0.4) is 0 Å². The predicted octanol–water partition coefficient (Wildman–Crippen LogP) is 5.22. The third-order valence-electron chi connectivity index (χ3n) is 5.37. The minimum absolute atomic E-state index is 0.00596. The maximum atomic E-state index is 13.8. The molecule has 0 atom stereocenters. The van der Waals surface area contributed by atoms with E-state index in [-0.39, 0.29) is 10.6 Å². The lowest BCUT2D eigenvalue weighted by Crippen LogP contribution is -2.36. The Hall–Kier alpha value is -3.65. The highest BCUT2D eigenvalue weighted by Gasteiger charge is 2.36. The molecule has 1 N–H and O–H groups in total. The molecule has 0 radical (unpaired) electrons. The topological polar surface area (TPSA) is 71.4 Å². The van der Waals surface area contributed by atoms with E-state index in [0.717, 1.165) is 44.9 Å². The summed E-state index contributed by atoms with van der Waals surface area (Å²) in [5, 5.41) is 1.85. The number of hydrogen-bond donors (Lipinski definition) is 1. The molecule has 1 aromatic heterocycles. The Morgan fingerprint density at radius 2 is 1.76 bits per heavy atom. The van der Waals surface area contributed by atoms with Crippen LogP contribution in [0, 0.1) is 26.6 Å². The predicted molar refractivity (Wildman–Crippen MR) is 128 cm³/mol. The smallest absolute Gasteiger partial charge is 0.294 e. The fourth-order valence-electron chi connectivity index (χ4n) is 3.70. The third kappa shape index (κ3) is 4.61. The lowest BCUT2D eigenvalue weighted by molar-refractivity contribution is -0.127. The van der Waals surface area contributed by atoms with Gasteiger partial charge in [-0.15, -0.1) is 0 Å². The number of aromatic nitrogens is 1. The van der Waals surface area contributed by atoms with Gasteiger partial charge in [-0.1, -0.05) is 29.8 Å². The molecule has 2 heterocycles. The van der Waals surface area contributed by atoms with Crippen LogP contribution in [0.4, 0.5) is 14.9 Å². The van der Waals surface area contributed by atoms with Gasteiger partial charge in [-0.05, 0) is 74.5 Å². The highest BCUT2D eigenvalue weighted by Crippen LogP contribution is 2.33. The van der Waals surface area contributed by atoms with Crippen LogP contribution in [0.5, 0.6) is 0 Å². The van der Waals surface area contributed by atoms with Gasteiger partial charge in [0.2, 0.25) is 5.91 Å². The van der Waals surface area contributed by atoms with E-state index in [1.165, 1.54) is 18.2 Å². The maximum absolute atomic E-state index is 13.8. The Bertz CT molecular complexity index is 1290. The summed E-state index contributed by atoms with van der Waals surface area (Å²) in [7, 11) is 0. The van der Waals surface area contributed by atoms with Gasteiger partial charge >= 0.3 is 0 Å². The van der Waals surface area contributed by atoms with Crippen molar-refractivity contribution in [3.63, 3.8) is 0 Å². The molecule has 3 amide bonds. The van der Waals surface area contributed by atoms with E-state index in [4.69, 9.17) is 0 Å². The number of benzene rings is 2. The summed E-state index contributed by atoms with van der Waals surface area (Å²) in [5.41, 5.74) is 4.90. The van der Waals surface area contributed by atoms with Crippen molar-refractivity contribution in [2.75, 3.05) is 11.9 Å². The summed E-state index contributed by atoms with van der Waals surface area (Å²) in [4.78, 5) is 38.7. The van der Waals surface area contributed by atoms with Gasteiger partial charge in [0.25, 0.3) is 11.1 Å². The molecule has 1 aliphatic rings. The fourth-order valence-corrected chi connectivity index (χ4v) is 4.53. The van der Waals surface area contributed by atoms with Gasteiger partial charge in [-0.3, -0.25) is 19.3 Å². The van der Waals surface area contributed by atoms with Gasteiger partial charge in [0.15, 0.2) is 0 Å². The van der Waals surface area contributed by atoms with E-state index in [9.17, 15) is 18.8 Å². The van der Waals surface area contributed by atoms with Crippen LogP contribution in [0.2, 0.25) is 0 Å². The molecule has 4 rings (SSSR count). The SMILES string of the molecule is Cc1ccc(-n2c(C)cc(/C=C3\SC(=O)N(CC(=O)Nc4ccccc4F)C3=O)c2C)cc1. The molecule has 0 unspecified atom stereocenters. The summed E-state index contributed by atoms with van der Waals surface area (Å²) in [6.45, 7) is 5.46. The van der Waals surface area contributed by atoms with Gasteiger partial charge in [-0.2, -0.15) is 0 Å². The highest BCUT2D eigenvalue weighted by molar-refractivity contribution is 8.18. The van der Waals surface area contributed by atoms with E-state index < -0.39 is 29.4 Å². The Morgan fingerprint density at radius 3 is 2.45 bits per heavy atom. The van der Waals surface area contributed by atoms with Crippen molar-refractivity contribution in [1.82, 2.24) is 9.47 Å². The lowest BCUT2D eigenvalue weighted by atomic mass is 10.2. The second-order valence-corrected chi connectivity index (χ2v) is 8.79. The number of carbonyl (C=O) groups excluding carboxylic acids is 3. The first-order chi connectivity index (χ1) is 15.7. The van der Waals surface area contributed by atoms with E-state index in [1.807, 2.05) is 51.1 Å². The van der Waals surface area contributed by atoms with Crippen molar-refractivity contribution in [2.24, 2.45) is 0 Å². The van der Waals surface area contributed by atoms with Gasteiger partial charge in [-0.25, -0.2) is 4.39 Å². The number of aryl methyl sites for hydroxylation is 2. The molecule has 0 aliphatic carbocycles. The third-order valence-corrected chi connectivity index (χ3v) is 6.28. The van der Waals surface area contributed by atoms with Crippen molar-refractivity contribution < 1.29 is 18.8 Å². The Balaban J connectivity index is 1.53. The van der Waals surface area contributed by atoms with E-state index in [2.05, 4.69) is 9.88 Å². The number of imide groups is 1. The molecule has 1 fully saturated rings. The van der Waals surface area contributed by atoms with Crippen LogP contribution in [0.15, 0.2) is 59.5 Å². The summed E-state index contributed by atoms with van der Waals surface area (Å²) >= 11 is 0.785. The van der Waals surface area contributed by atoms with Gasteiger partial charge in [0.05, 0.1) is 10.6 Å². The number of para-hydroxylation sites is 1. The first kappa shape index (κ1) is 22.5. The van der Waals surface area contributed by atoms with E-state index in [1.54, 1.807) is 12.1 Å². The molecule has 0 spiro atoms. The minimum Gasteiger partial charge on any atom is -0.322 e. The normalized spacial score (nSPS) is 14.9. The number of rotatable bonds is 5. The summed E-state index contributed by atoms with van der Waals surface area (Å²) in [5.74, 6) is -1.79. The van der Waals surface area contributed by atoms with Crippen molar-refractivity contribution in [3.05, 3.63) is 87.8 Å². The summed E-state index contributed by atoms with van der Waals surface area (Å²) < 4.78 is 15.8. The number of nitrogens with one attached hydrogen (secondary N) is 1. The quantitative estimate of drug-likeness (QED) is 0.527. The highest BCUT2D eigenvalue weighted by atomic mass is 32.2. The summed E-state index contributed by atoms with van der Waals surface area (Å²) in [6.07, 6.45) is 1.67. The molecule has 0 bridgehead atoms. The molecule has 168 valence electrons. The average Bonchev–Trinajstić information content (AvgIpc) is 3.20. The van der Waals surface area contributed by atoms with Gasteiger partial charge in [0.1, 0.15) is 12.4 Å². The Labute approximate surface area is 195 Å². The first-order valence-electron chi connectivity index (χ1n) is 10.3. The number of amides is 3. The van der Waals surface area contributed by atoms with Gasteiger partial charge < -0.3 is 9.88 Å². The zero-order valence-corrected chi connectivity index (χ0v) is 19.2. The number of thioether (sulfide) groups is 1. The molecule has 2 aromatic carbocycles. The molecular formula is C25H22FN3O3S. The fraction of sp³-hybridized carbons (Fsp3) is 0.160. The van der Waals surface area contributed by atoms with Crippen LogP contribution in [0.1, 0.15) is 22.5 Å². The number of nitrogens with zero attached hydrogens (tertiary/aromatic N) is 2. The van der Waals surface area contributed by atoms with Crippen molar-refractivity contribution in [3.8, 4) is 5.69 Å². The number of halogens is 1. The largest absolute Gasteiger partial charge is 0.322 e. The van der Waals surface area contributed by atoms with E-state index >= 15 is 0 Å². The maximum Gasteiger partial charge on any atom is 0.294 e. The average molecular weight is 464 g/mol. The molecular weight excluding hydrogens is 441 g/mol. The molecule has 8 heteroatoms. The van der Waals surface area contributed by atoms with Crippen molar-refractivity contribution >= 4 is 40.6 Å². The standard InChI is InChI=1S/C25H22FN3O3S/c1-15-8-10-19(11-9-15)29-16(2)12-18(17(29)3)13-22-24(31)28(25(32)33-22)14-23(30)27-21-7-5-4-6-20(21)26/h4-13H,14H2,1-3H3,(H,27,30)/b22-13-. The second kappa shape index (κ2) is 9.07. The zero-order valence-electron chi connectivity index (χ0n) is 18.4. The molecule has 1 saturated heterocycles. The molecule has 33 heavy (non-hydrogen) atoms. The summed E-state index contributed by atoms with van der Waals surface area (Å²) in [6, 6.07) is 15.8. The van der Waals surface area contributed by atoms with Crippen molar-refractivity contribution in [1.29, 1.82) is 0 Å². The van der Waals surface area contributed by atoms with Crippen LogP contribution in [-0.2, 0) is 9.59 Å². The Morgan fingerprint density at radius 1 is 1.06 bits per heavy atom. The first-order valence-corrected chi connectivity index (χ1v) is 11.1. The molecule has 6 nitrogen and oxygen atoms in total. The second-order valence-electron chi connectivity index (χ2n) is 7.79. The lowest BCUT2D eigenvalue weighted by Gasteiger charge is -2.12. The van der Waals surface area contributed by atoms with Crippen LogP contribution < -0.4 is 5.32 Å². The number of anilines is 1. The number of hydrogen-bond acceptors (Lipinski definition) is 4. The monoisotopic (exact) mass is 463 g/mol. The Kier molecular flexibility index (Phi) is 6.20. The van der Waals surface area contributed by atoms with Crippen LogP contribution in [-0.4, -0.2) is 33.1 Å². The minimum atomic E-state index is -0.652. The van der Waals surface area contributed by atoms with Crippen LogP contribution in [0.25, 0.3) is 11.8 Å².